The molecule has 20 heavy (non-hydrogen) atoms. The van der Waals surface area contributed by atoms with Gasteiger partial charge in [-0.15, -0.1) is 0 Å². The number of nitrogens with one attached hydrogen (secondary N) is 2. The number of hydrogen-bond acceptors (Lipinski definition) is 3. The van der Waals surface area contributed by atoms with Crippen LogP contribution in [0.2, 0.25) is 0 Å². The second-order valence-corrected chi connectivity index (χ2v) is 7.38. The van der Waals surface area contributed by atoms with Crippen molar-refractivity contribution in [2.24, 2.45) is 5.92 Å². The smallest absolute Gasteiger partial charge is 0.241 e. The summed E-state index contributed by atoms with van der Waals surface area (Å²) in [6.45, 7) is 4.21. The minimum absolute atomic E-state index is 0.419. The van der Waals surface area contributed by atoms with Gasteiger partial charge >= 0.3 is 0 Å². The normalized spacial score (nSPS) is 15.3. The molecule has 4 nitrogen and oxygen atoms in total. The van der Waals surface area contributed by atoms with E-state index >= 15 is 0 Å². The van der Waals surface area contributed by atoms with E-state index in [0.29, 0.717) is 11.4 Å². The predicted octanol–water partition coefficient (Wildman–Crippen LogP) is 2.81. The number of hydrogen-bond donors (Lipinski definition) is 2. The Morgan fingerprint density at radius 2 is 1.80 bits per heavy atom. The Labute approximate surface area is 122 Å². The molecule has 0 heterocycles. The summed E-state index contributed by atoms with van der Waals surface area (Å²) < 4.78 is 27.5. The topological polar surface area (TPSA) is 58.2 Å². The van der Waals surface area contributed by atoms with E-state index in [2.05, 4.69) is 10.0 Å². The summed E-state index contributed by atoms with van der Waals surface area (Å²) in [6.07, 6.45) is 4.70. The summed E-state index contributed by atoms with van der Waals surface area (Å²) in [4.78, 5) is 0.419. The maximum absolute atomic E-state index is 12.4. The lowest BCUT2D eigenvalue weighted by molar-refractivity contribution is 0.571. The van der Waals surface area contributed by atoms with Crippen molar-refractivity contribution in [3.05, 3.63) is 23.3 Å². The zero-order chi connectivity index (χ0) is 14.8. The van der Waals surface area contributed by atoms with Gasteiger partial charge in [-0.05, 0) is 55.9 Å². The standard InChI is InChI=1S/C15H24N2O2S/c1-11-9-14(16-3)10-12(2)15(11)20(18,19)17-8-4-5-13-6-7-13/h9-10,13,16-17H,4-8H2,1-3H3. The largest absolute Gasteiger partial charge is 0.388 e. The van der Waals surface area contributed by atoms with Crippen LogP contribution in [0.4, 0.5) is 5.69 Å². The Balaban J connectivity index is 2.07. The molecule has 0 aromatic heterocycles. The number of rotatable bonds is 7. The first kappa shape index (κ1) is 15.3. The molecule has 1 saturated carbocycles. The third kappa shape index (κ3) is 3.73. The maximum Gasteiger partial charge on any atom is 0.241 e. The van der Waals surface area contributed by atoms with Crippen LogP contribution in [-0.2, 0) is 10.0 Å². The molecule has 0 radical (unpaired) electrons. The van der Waals surface area contributed by atoms with Crippen LogP contribution in [0.3, 0.4) is 0 Å². The summed E-state index contributed by atoms with van der Waals surface area (Å²) in [5.74, 6) is 0.845. The van der Waals surface area contributed by atoms with E-state index in [4.69, 9.17) is 0 Å². The van der Waals surface area contributed by atoms with Gasteiger partial charge < -0.3 is 5.32 Å². The fraction of sp³-hybridized carbons (Fsp3) is 0.600. The molecule has 5 heteroatoms. The van der Waals surface area contributed by atoms with Gasteiger partial charge in [0.1, 0.15) is 0 Å². The van der Waals surface area contributed by atoms with Crippen molar-refractivity contribution >= 4 is 15.7 Å². The molecule has 0 saturated heterocycles. The van der Waals surface area contributed by atoms with Crippen molar-refractivity contribution in [3.8, 4) is 0 Å². The lowest BCUT2D eigenvalue weighted by Gasteiger charge is -2.14. The van der Waals surface area contributed by atoms with Gasteiger partial charge in [0.05, 0.1) is 4.90 Å². The summed E-state index contributed by atoms with van der Waals surface area (Å²) in [6, 6.07) is 3.73. The van der Waals surface area contributed by atoms with Crippen LogP contribution in [0.5, 0.6) is 0 Å². The van der Waals surface area contributed by atoms with E-state index in [9.17, 15) is 8.42 Å². The highest BCUT2D eigenvalue weighted by atomic mass is 32.2. The molecule has 1 aliphatic carbocycles. The molecule has 0 unspecified atom stereocenters. The molecule has 0 aliphatic heterocycles. The van der Waals surface area contributed by atoms with Crippen LogP contribution in [-0.4, -0.2) is 22.0 Å². The van der Waals surface area contributed by atoms with E-state index < -0.39 is 10.0 Å². The van der Waals surface area contributed by atoms with E-state index in [-0.39, 0.29) is 0 Å². The van der Waals surface area contributed by atoms with Crippen molar-refractivity contribution in [2.75, 3.05) is 18.9 Å². The van der Waals surface area contributed by atoms with Gasteiger partial charge in [0.25, 0.3) is 0 Å². The maximum atomic E-state index is 12.4. The molecular weight excluding hydrogens is 272 g/mol. The molecule has 0 bridgehead atoms. The zero-order valence-electron chi connectivity index (χ0n) is 12.5. The van der Waals surface area contributed by atoms with Crippen LogP contribution >= 0.6 is 0 Å². The van der Waals surface area contributed by atoms with E-state index in [1.165, 1.54) is 12.8 Å². The third-order valence-electron chi connectivity index (χ3n) is 3.80. The predicted molar refractivity (Wildman–Crippen MR) is 82.6 cm³/mol. The number of benzene rings is 1. The Morgan fingerprint density at radius 3 is 2.30 bits per heavy atom. The highest BCUT2D eigenvalue weighted by Crippen LogP contribution is 2.33. The number of aryl methyl sites for hydroxylation is 2. The summed E-state index contributed by atoms with van der Waals surface area (Å²) >= 11 is 0. The van der Waals surface area contributed by atoms with Crippen molar-refractivity contribution in [1.82, 2.24) is 4.72 Å². The van der Waals surface area contributed by atoms with Gasteiger partial charge in [-0.25, -0.2) is 13.1 Å². The third-order valence-corrected chi connectivity index (χ3v) is 5.56. The monoisotopic (exact) mass is 296 g/mol. The van der Waals surface area contributed by atoms with Gasteiger partial charge in [0.2, 0.25) is 10.0 Å². The molecule has 1 aromatic carbocycles. The van der Waals surface area contributed by atoms with Crippen molar-refractivity contribution in [2.45, 2.75) is 44.4 Å². The minimum atomic E-state index is -3.40. The highest BCUT2D eigenvalue weighted by molar-refractivity contribution is 7.89. The van der Waals surface area contributed by atoms with Crippen LogP contribution in [0.15, 0.2) is 17.0 Å². The Kier molecular flexibility index (Phi) is 4.70. The Hall–Kier alpha value is -1.07. The molecule has 1 fully saturated rings. The summed E-state index contributed by atoms with van der Waals surface area (Å²) in [5.41, 5.74) is 2.50. The molecule has 0 spiro atoms. The molecule has 1 aromatic rings. The Bertz CT molecular complexity index is 555. The van der Waals surface area contributed by atoms with E-state index in [1.807, 2.05) is 33.0 Å². The summed E-state index contributed by atoms with van der Waals surface area (Å²) in [7, 11) is -1.57. The molecule has 2 N–H and O–H groups in total. The lowest BCUT2D eigenvalue weighted by atomic mass is 10.1. The second kappa shape index (κ2) is 6.14. The van der Waals surface area contributed by atoms with Crippen LogP contribution in [0, 0.1) is 19.8 Å². The average Bonchev–Trinajstić information content (AvgIpc) is 3.17. The van der Waals surface area contributed by atoms with Crippen molar-refractivity contribution in [3.63, 3.8) is 0 Å². The molecule has 112 valence electrons. The van der Waals surface area contributed by atoms with E-state index in [1.54, 1.807) is 0 Å². The first-order valence-corrected chi connectivity index (χ1v) is 8.71. The van der Waals surface area contributed by atoms with Gasteiger partial charge in [-0.3, -0.25) is 0 Å². The SMILES string of the molecule is CNc1cc(C)c(S(=O)(=O)NCCCC2CC2)c(C)c1. The molecule has 0 atom stereocenters. The first-order valence-electron chi connectivity index (χ1n) is 7.22. The van der Waals surface area contributed by atoms with Crippen molar-refractivity contribution < 1.29 is 8.42 Å². The van der Waals surface area contributed by atoms with Gasteiger partial charge in [0, 0.05) is 19.3 Å². The van der Waals surface area contributed by atoms with Crippen LogP contribution in [0.1, 0.15) is 36.8 Å². The molecule has 1 aliphatic rings. The fourth-order valence-corrected chi connectivity index (χ4v) is 4.12. The molecule has 2 rings (SSSR count). The number of sulfonamides is 1. The van der Waals surface area contributed by atoms with Gasteiger partial charge in [-0.2, -0.15) is 0 Å². The Morgan fingerprint density at radius 1 is 1.20 bits per heavy atom. The summed E-state index contributed by atoms with van der Waals surface area (Å²) in [5, 5.41) is 3.04. The zero-order valence-corrected chi connectivity index (χ0v) is 13.3. The molecule has 0 amide bonds. The first-order chi connectivity index (χ1) is 9.44. The van der Waals surface area contributed by atoms with Crippen molar-refractivity contribution in [1.29, 1.82) is 0 Å². The fourth-order valence-electron chi connectivity index (χ4n) is 2.59. The quantitative estimate of drug-likeness (QED) is 0.761. The van der Waals surface area contributed by atoms with Crippen LogP contribution in [0.25, 0.3) is 0 Å². The highest BCUT2D eigenvalue weighted by Gasteiger charge is 2.22. The minimum Gasteiger partial charge on any atom is -0.388 e. The van der Waals surface area contributed by atoms with Gasteiger partial charge in [-0.1, -0.05) is 12.8 Å². The van der Waals surface area contributed by atoms with E-state index in [0.717, 1.165) is 35.6 Å². The van der Waals surface area contributed by atoms with Gasteiger partial charge in [0.15, 0.2) is 0 Å². The second-order valence-electron chi connectivity index (χ2n) is 5.67. The number of anilines is 1. The lowest BCUT2D eigenvalue weighted by Crippen LogP contribution is -2.26. The van der Waals surface area contributed by atoms with Crippen LogP contribution < -0.4 is 10.0 Å². The molecular formula is C15H24N2O2S. The average molecular weight is 296 g/mol.